The number of ether oxygens (including phenoxy) is 1. The molecule has 0 aromatic heterocycles. The molecule has 0 N–H and O–H groups in total. The van der Waals surface area contributed by atoms with Crippen LogP contribution in [0, 0.1) is 14.9 Å². The van der Waals surface area contributed by atoms with E-state index in [9.17, 15) is 4.79 Å². The molecular weight excluding hydrogens is 328 g/mol. The predicted molar refractivity (Wildman–Crippen MR) is 65.5 cm³/mol. The lowest BCUT2D eigenvalue weighted by Crippen LogP contribution is -2.05. The van der Waals surface area contributed by atoms with Crippen molar-refractivity contribution in [1.82, 2.24) is 0 Å². The minimum absolute atomic E-state index is 0.141. The van der Waals surface area contributed by atoms with Crippen molar-refractivity contribution in [2.24, 2.45) is 0 Å². The molecule has 5 heteroatoms. The maximum Gasteiger partial charge on any atom is 0.179 e. The minimum atomic E-state index is -0.273. The van der Waals surface area contributed by atoms with Crippen LogP contribution in [0.4, 0.5) is 0 Å². The van der Waals surface area contributed by atoms with E-state index < -0.39 is 0 Å². The lowest BCUT2D eigenvalue weighted by Gasteiger charge is -2.06. The van der Waals surface area contributed by atoms with Gasteiger partial charge in [-0.25, -0.2) is 0 Å². The molecule has 0 saturated heterocycles. The number of hydrogen-bond acceptors (Lipinski definition) is 3. The van der Waals surface area contributed by atoms with E-state index in [1.54, 1.807) is 6.07 Å². The molecule has 0 radical (unpaired) electrons. The van der Waals surface area contributed by atoms with Gasteiger partial charge >= 0.3 is 0 Å². The Bertz CT molecular complexity index is 440. The number of nitrogens with zero attached hydrogens (tertiary/aromatic N) is 1. The van der Waals surface area contributed by atoms with Gasteiger partial charge in [0.2, 0.25) is 0 Å². The van der Waals surface area contributed by atoms with Crippen molar-refractivity contribution < 1.29 is 9.53 Å². The number of hydrogen-bond donors (Lipinski definition) is 0. The van der Waals surface area contributed by atoms with Gasteiger partial charge in [0, 0.05) is 9.13 Å². The third-order valence-corrected chi connectivity index (χ3v) is 2.93. The van der Waals surface area contributed by atoms with Gasteiger partial charge in [-0.2, -0.15) is 5.26 Å². The number of carbonyl (C=O) groups is 1. The quantitative estimate of drug-likeness (QED) is 0.485. The summed E-state index contributed by atoms with van der Waals surface area (Å²) in [6, 6.07) is 5.22. The van der Waals surface area contributed by atoms with Crippen molar-refractivity contribution in [3.8, 4) is 11.8 Å². The minimum Gasteiger partial charge on any atom is -0.497 e. The molecule has 0 spiro atoms. The van der Waals surface area contributed by atoms with E-state index in [2.05, 4.69) is 0 Å². The first-order valence-corrected chi connectivity index (χ1v) is 5.62. The molecule has 1 rings (SSSR count). The van der Waals surface area contributed by atoms with Crippen LogP contribution in [0.15, 0.2) is 12.1 Å². The summed E-state index contributed by atoms with van der Waals surface area (Å²) in [4.78, 5) is 11.5. The second-order valence-corrected chi connectivity index (χ2v) is 4.13. The van der Waals surface area contributed by atoms with E-state index in [0.717, 1.165) is 0 Å². The second kappa shape index (κ2) is 5.33. The smallest absolute Gasteiger partial charge is 0.179 e. The molecular formula is C10H7ClINO2. The first-order valence-electron chi connectivity index (χ1n) is 4.00. The maximum atomic E-state index is 11.5. The molecule has 0 fully saturated rings. The Hall–Kier alpha value is -0.800. The highest BCUT2D eigenvalue weighted by Gasteiger charge is 2.15. The number of Topliss-reactive ketones (excluding diaryl/α,β-unsaturated/α-hetero) is 1. The van der Waals surface area contributed by atoms with Crippen LogP contribution in [0.25, 0.3) is 0 Å². The van der Waals surface area contributed by atoms with E-state index in [4.69, 9.17) is 21.6 Å². The molecule has 0 saturated carbocycles. The first-order chi connectivity index (χ1) is 7.13. The van der Waals surface area contributed by atoms with Gasteiger partial charge in [0.15, 0.2) is 5.78 Å². The van der Waals surface area contributed by atoms with E-state index in [0.29, 0.717) is 20.4 Å². The van der Waals surface area contributed by atoms with Gasteiger partial charge in [0.25, 0.3) is 0 Å². The normalized spacial score (nSPS) is 9.47. The van der Waals surface area contributed by atoms with Crippen LogP contribution >= 0.6 is 34.2 Å². The van der Waals surface area contributed by atoms with Crippen LogP contribution in [0.5, 0.6) is 5.75 Å². The molecule has 3 nitrogen and oxygen atoms in total. The predicted octanol–water partition coefficient (Wildman–Crippen LogP) is 2.59. The number of benzene rings is 1. The average Bonchev–Trinajstić information content (AvgIpc) is 2.26. The highest BCUT2D eigenvalue weighted by atomic mass is 127. The topological polar surface area (TPSA) is 50.1 Å². The van der Waals surface area contributed by atoms with E-state index in [1.807, 2.05) is 28.7 Å². The van der Waals surface area contributed by atoms with Crippen LogP contribution in [0.3, 0.4) is 0 Å². The fourth-order valence-electron chi connectivity index (χ4n) is 1.11. The van der Waals surface area contributed by atoms with Crippen LogP contribution < -0.4 is 4.74 Å². The summed E-state index contributed by atoms with van der Waals surface area (Å²) in [7, 11) is 1.51. The first kappa shape index (κ1) is 12.3. The zero-order chi connectivity index (χ0) is 11.4. The van der Waals surface area contributed by atoms with Crippen molar-refractivity contribution in [2.75, 3.05) is 13.0 Å². The molecule has 1 aromatic carbocycles. The van der Waals surface area contributed by atoms with Crippen molar-refractivity contribution >= 4 is 40.0 Å². The molecule has 1 aromatic rings. The zero-order valence-corrected chi connectivity index (χ0v) is 10.8. The molecule has 0 unspecified atom stereocenters. The third kappa shape index (κ3) is 2.61. The van der Waals surface area contributed by atoms with Crippen LogP contribution in [-0.4, -0.2) is 18.8 Å². The van der Waals surface area contributed by atoms with E-state index in [-0.39, 0.29) is 11.7 Å². The molecule has 0 aliphatic carbocycles. The molecule has 15 heavy (non-hydrogen) atoms. The SMILES string of the molecule is COc1cc(I)c(C#N)c(C(=O)CCl)c1. The second-order valence-electron chi connectivity index (χ2n) is 2.70. The summed E-state index contributed by atoms with van der Waals surface area (Å²) in [6.07, 6.45) is 0. The van der Waals surface area contributed by atoms with Crippen molar-refractivity contribution in [3.63, 3.8) is 0 Å². The van der Waals surface area contributed by atoms with Crippen molar-refractivity contribution in [1.29, 1.82) is 5.26 Å². The highest BCUT2D eigenvalue weighted by molar-refractivity contribution is 14.1. The summed E-state index contributed by atoms with van der Waals surface area (Å²) in [6.45, 7) is 0. The number of methoxy groups -OCH3 is 1. The molecule has 0 aliphatic rings. The van der Waals surface area contributed by atoms with Crippen molar-refractivity contribution in [2.45, 2.75) is 0 Å². The Kier molecular flexibility index (Phi) is 4.36. The number of ketones is 1. The Morgan fingerprint density at radius 3 is 2.80 bits per heavy atom. The standard InChI is InChI=1S/C10H7ClINO2/c1-15-6-2-7(10(14)4-11)8(5-13)9(12)3-6/h2-3H,4H2,1H3. The number of halogens is 2. The van der Waals surface area contributed by atoms with Crippen LogP contribution in [0.2, 0.25) is 0 Å². The summed E-state index contributed by atoms with van der Waals surface area (Å²) in [5.41, 5.74) is 0.665. The van der Waals surface area contributed by atoms with Gasteiger partial charge in [-0.05, 0) is 34.7 Å². The molecule has 0 heterocycles. The summed E-state index contributed by atoms with van der Waals surface area (Å²) < 4.78 is 5.70. The molecule has 0 amide bonds. The molecule has 0 atom stereocenters. The lowest BCUT2D eigenvalue weighted by molar-refractivity contribution is 0.102. The Balaban J connectivity index is 3.40. The number of nitriles is 1. The van der Waals surface area contributed by atoms with Gasteiger partial charge in [-0.1, -0.05) is 0 Å². The fraction of sp³-hybridized carbons (Fsp3) is 0.200. The van der Waals surface area contributed by atoms with Gasteiger partial charge in [-0.15, -0.1) is 11.6 Å². The van der Waals surface area contributed by atoms with Crippen LogP contribution in [0.1, 0.15) is 15.9 Å². The number of alkyl halides is 1. The zero-order valence-electron chi connectivity index (χ0n) is 7.88. The highest BCUT2D eigenvalue weighted by Crippen LogP contribution is 2.24. The average molecular weight is 336 g/mol. The number of rotatable bonds is 3. The van der Waals surface area contributed by atoms with Gasteiger partial charge in [0.1, 0.15) is 11.8 Å². The van der Waals surface area contributed by atoms with Crippen LogP contribution in [-0.2, 0) is 0 Å². The van der Waals surface area contributed by atoms with E-state index in [1.165, 1.54) is 13.2 Å². The largest absolute Gasteiger partial charge is 0.497 e. The van der Waals surface area contributed by atoms with Gasteiger partial charge in [-0.3, -0.25) is 4.79 Å². The molecule has 78 valence electrons. The Morgan fingerprint density at radius 2 is 2.33 bits per heavy atom. The van der Waals surface area contributed by atoms with Crippen molar-refractivity contribution in [3.05, 3.63) is 26.8 Å². The summed E-state index contributed by atoms with van der Waals surface area (Å²) >= 11 is 7.45. The number of carbonyl (C=O) groups excluding carboxylic acids is 1. The van der Waals surface area contributed by atoms with Gasteiger partial charge in [0.05, 0.1) is 18.6 Å². The Labute approximate surface area is 106 Å². The fourth-order valence-corrected chi connectivity index (χ4v) is 1.97. The summed E-state index contributed by atoms with van der Waals surface area (Å²) in [5, 5.41) is 8.92. The monoisotopic (exact) mass is 335 g/mol. The third-order valence-electron chi connectivity index (χ3n) is 1.83. The molecule has 0 aliphatic heterocycles. The Morgan fingerprint density at radius 1 is 1.67 bits per heavy atom. The maximum absolute atomic E-state index is 11.5. The van der Waals surface area contributed by atoms with E-state index >= 15 is 0 Å². The molecule has 0 bridgehead atoms. The lowest BCUT2D eigenvalue weighted by atomic mass is 10.1. The summed E-state index contributed by atoms with van der Waals surface area (Å²) in [5.74, 6) is 0.134. The van der Waals surface area contributed by atoms with Gasteiger partial charge < -0.3 is 4.74 Å².